The summed E-state index contributed by atoms with van der Waals surface area (Å²) in [7, 11) is 1.41. The van der Waals surface area contributed by atoms with Gasteiger partial charge in [-0.2, -0.15) is 0 Å². The summed E-state index contributed by atoms with van der Waals surface area (Å²) in [5.41, 5.74) is 3.33. The Kier molecular flexibility index (Phi) is 3.47. The lowest BCUT2D eigenvalue weighted by Gasteiger charge is -2.17. The summed E-state index contributed by atoms with van der Waals surface area (Å²) < 4.78 is 4.67. The van der Waals surface area contributed by atoms with Crippen LogP contribution in [0.15, 0.2) is 35.9 Å². The number of carbonyl (C=O) groups is 1. The molecule has 2 rings (SSSR count). The summed E-state index contributed by atoms with van der Waals surface area (Å²) in [5, 5.41) is 0. The first kappa shape index (κ1) is 11.7. The average Bonchev–Trinajstić information content (AvgIpc) is 2.78. The molecule has 0 unspecified atom stereocenters. The van der Waals surface area contributed by atoms with E-state index in [-0.39, 0.29) is 5.97 Å². The van der Waals surface area contributed by atoms with E-state index in [4.69, 9.17) is 0 Å². The zero-order chi connectivity index (χ0) is 12.3. The molecular weight excluding hydrogens is 214 g/mol. The zero-order valence-corrected chi connectivity index (χ0v) is 10.3. The van der Waals surface area contributed by atoms with Gasteiger partial charge in [0.05, 0.1) is 7.11 Å². The molecule has 0 bridgehead atoms. The number of hydrogen-bond donors (Lipinski definition) is 0. The third-order valence-electron chi connectivity index (χ3n) is 3.11. The van der Waals surface area contributed by atoms with Crippen LogP contribution in [0.3, 0.4) is 0 Å². The molecule has 1 aliphatic rings. The Balaban J connectivity index is 2.05. The van der Waals surface area contributed by atoms with Gasteiger partial charge in [-0.15, -0.1) is 0 Å². The summed E-state index contributed by atoms with van der Waals surface area (Å²) in [4.78, 5) is 13.5. The van der Waals surface area contributed by atoms with Crippen molar-refractivity contribution in [3.05, 3.63) is 41.5 Å². The molecule has 1 aromatic carbocycles. The van der Waals surface area contributed by atoms with Crippen LogP contribution in [0.25, 0.3) is 0 Å². The maximum Gasteiger partial charge on any atom is 0.333 e. The van der Waals surface area contributed by atoms with Gasteiger partial charge in [-0.05, 0) is 25.0 Å². The first-order valence-electron chi connectivity index (χ1n) is 5.80. The monoisotopic (exact) mass is 231 g/mol. The van der Waals surface area contributed by atoms with Gasteiger partial charge in [0, 0.05) is 24.4 Å². The first-order valence-corrected chi connectivity index (χ1v) is 5.80. The van der Waals surface area contributed by atoms with E-state index < -0.39 is 0 Å². The van der Waals surface area contributed by atoms with Crippen LogP contribution in [0.5, 0.6) is 0 Å². The van der Waals surface area contributed by atoms with Crippen molar-refractivity contribution < 1.29 is 9.53 Å². The summed E-state index contributed by atoms with van der Waals surface area (Å²) in [6.07, 6.45) is 3.01. The van der Waals surface area contributed by atoms with Gasteiger partial charge < -0.3 is 9.64 Å². The second-order valence-electron chi connectivity index (χ2n) is 4.20. The van der Waals surface area contributed by atoms with Crippen molar-refractivity contribution in [3.8, 4) is 0 Å². The molecule has 0 saturated carbocycles. The topological polar surface area (TPSA) is 29.5 Å². The van der Waals surface area contributed by atoms with E-state index in [1.54, 1.807) is 6.92 Å². The van der Waals surface area contributed by atoms with Gasteiger partial charge in [0.25, 0.3) is 0 Å². The smallest absolute Gasteiger partial charge is 0.333 e. The van der Waals surface area contributed by atoms with Crippen LogP contribution in [0.1, 0.15) is 12.5 Å². The number of rotatable bonds is 3. The quantitative estimate of drug-likeness (QED) is 0.590. The Morgan fingerprint density at radius 2 is 2.24 bits per heavy atom. The molecule has 3 nitrogen and oxygen atoms in total. The van der Waals surface area contributed by atoms with Gasteiger partial charge in [0.2, 0.25) is 0 Å². The second-order valence-corrected chi connectivity index (χ2v) is 4.20. The zero-order valence-electron chi connectivity index (χ0n) is 10.3. The predicted molar refractivity (Wildman–Crippen MR) is 68.1 cm³/mol. The Bertz CT molecular complexity index is 451. The van der Waals surface area contributed by atoms with Crippen LogP contribution in [0.4, 0.5) is 5.69 Å². The van der Waals surface area contributed by atoms with Crippen LogP contribution in [-0.4, -0.2) is 26.2 Å². The molecule has 1 heterocycles. The third kappa shape index (κ3) is 2.49. The Hall–Kier alpha value is -1.77. The Morgan fingerprint density at radius 3 is 3.00 bits per heavy atom. The highest BCUT2D eigenvalue weighted by atomic mass is 16.5. The molecular formula is C14H17NO2. The lowest BCUT2D eigenvalue weighted by Crippen LogP contribution is -2.21. The lowest BCUT2D eigenvalue weighted by atomic mass is 10.2. The van der Waals surface area contributed by atoms with Crippen LogP contribution >= 0.6 is 0 Å². The van der Waals surface area contributed by atoms with Crippen molar-refractivity contribution in [3.63, 3.8) is 0 Å². The molecule has 1 aliphatic heterocycles. The van der Waals surface area contributed by atoms with E-state index in [1.807, 2.05) is 12.1 Å². The van der Waals surface area contributed by atoms with Crippen molar-refractivity contribution in [2.75, 3.05) is 25.1 Å². The molecule has 0 fully saturated rings. The predicted octanol–water partition coefficient (Wildman–Crippen LogP) is 2.17. The molecule has 90 valence electrons. The lowest BCUT2D eigenvalue weighted by molar-refractivity contribution is -0.136. The first-order chi connectivity index (χ1) is 8.22. The highest BCUT2D eigenvalue weighted by Gasteiger charge is 2.17. The molecule has 0 spiro atoms. The van der Waals surface area contributed by atoms with E-state index in [2.05, 4.69) is 27.8 Å². The van der Waals surface area contributed by atoms with Crippen LogP contribution < -0.4 is 4.90 Å². The van der Waals surface area contributed by atoms with Crippen molar-refractivity contribution in [2.45, 2.75) is 13.3 Å². The van der Waals surface area contributed by atoms with E-state index >= 15 is 0 Å². The van der Waals surface area contributed by atoms with Gasteiger partial charge >= 0.3 is 5.97 Å². The number of ether oxygens (including phenoxy) is 1. The molecule has 17 heavy (non-hydrogen) atoms. The minimum atomic E-state index is -0.252. The fraction of sp³-hybridized carbons (Fsp3) is 0.357. The molecule has 0 radical (unpaired) electrons. The average molecular weight is 231 g/mol. The Morgan fingerprint density at radius 1 is 1.47 bits per heavy atom. The maximum absolute atomic E-state index is 11.3. The van der Waals surface area contributed by atoms with E-state index in [0.29, 0.717) is 5.57 Å². The number of hydrogen-bond acceptors (Lipinski definition) is 3. The van der Waals surface area contributed by atoms with E-state index in [1.165, 1.54) is 18.4 Å². The largest absolute Gasteiger partial charge is 0.466 e. The molecule has 0 amide bonds. The minimum Gasteiger partial charge on any atom is -0.466 e. The van der Waals surface area contributed by atoms with E-state index in [0.717, 1.165) is 19.5 Å². The number of methoxy groups -OCH3 is 1. The summed E-state index contributed by atoms with van der Waals surface area (Å²) in [5.74, 6) is -0.252. The molecule has 1 aromatic rings. The molecule has 0 aliphatic carbocycles. The van der Waals surface area contributed by atoms with Gasteiger partial charge in [-0.25, -0.2) is 4.79 Å². The van der Waals surface area contributed by atoms with Crippen LogP contribution in [-0.2, 0) is 16.0 Å². The summed E-state index contributed by atoms with van der Waals surface area (Å²) >= 11 is 0. The number of carbonyl (C=O) groups excluding carboxylic acids is 1. The molecule has 0 N–H and O–H groups in total. The maximum atomic E-state index is 11.3. The SMILES string of the molecule is COC(=O)C(C)=CCN1CCc2ccccc21. The summed E-state index contributed by atoms with van der Waals surface area (Å²) in [6.45, 7) is 3.57. The van der Waals surface area contributed by atoms with E-state index in [9.17, 15) is 4.79 Å². The molecule has 0 aromatic heterocycles. The standard InChI is InChI=1S/C14H17NO2/c1-11(14(16)17-2)7-9-15-10-8-12-5-3-4-6-13(12)15/h3-7H,8-10H2,1-2H3. The van der Waals surface area contributed by atoms with Crippen LogP contribution in [0, 0.1) is 0 Å². The Labute approximate surface area is 102 Å². The van der Waals surface area contributed by atoms with Gasteiger partial charge in [0.15, 0.2) is 0 Å². The third-order valence-corrected chi connectivity index (χ3v) is 3.11. The fourth-order valence-corrected chi connectivity index (χ4v) is 2.09. The minimum absolute atomic E-state index is 0.252. The number of para-hydroxylation sites is 1. The number of esters is 1. The highest BCUT2D eigenvalue weighted by molar-refractivity contribution is 5.87. The molecule has 0 saturated heterocycles. The normalized spacial score (nSPS) is 14.7. The van der Waals surface area contributed by atoms with Gasteiger partial charge in [0.1, 0.15) is 0 Å². The number of anilines is 1. The number of benzene rings is 1. The van der Waals surface area contributed by atoms with Crippen molar-refractivity contribution >= 4 is 11.7 Å². The van der Waals surface area contributed by atoms with Gasteiger partial charge in [-0.1, -0.05) is 24.3 Å². The van der Waals surface area contributed by atoms with Gasteiger partial charge in [-0.3, -0.25) is 0 Å². The molecule has 3 heteroatoms. The van der Waals surface area contributed by atoms with Crippen molar-refractivity contribution in [2.24, 2.45) is 0 Å². The second kappa shape index (κ2) is 5.04. The highest BCUT2D eigenvalue weighted by Crippen LogP contribution is 2.27. The van der Waals surface area contributed by atoms with Crippen molar-refractivity contribution in [1.29, 1.82) is 0 Å². The summed E-state index contributed by atoms with van der Waals surface area (Å²) in [6, 6.07) is 8.40. The number of fused-ring (bicyclic) bond motifs is 1. The van der Waals surface area contributed by atoms with Crippen LogP contribution in [0.2, 0.25) is 0 Å². The van der Waals surface area contributed by atoms with Crippen molar-refractivity contribution in [1.82, 2.24) is 0 Å². The number of nitrogens with zero attached hydrogens (tertiary/aromatic N) is 1. The fourth-order valence-electron chi connectivity index (χ4n) is 2.09. The molecule has 0 atom stereocenters.